The minimum atomic E-state index is -0.890. The van der Waals surface area contributed by atoms with Crippen LogP contribution in [0.15, 0.2) is 12.1 Å². The number of hydrogen-bond donors (Lipinski definition) is 3. The quantitative estimate of drug-likeness (QED) is 0.551. The van der Waals surface area contributed by atoms with Crippen molar-refractivity contribution in [1.29, 1.82) is 5.26 Å². The van der Waals surface area contributed by atoms with Gasteiger partial charge in [-0.15, -0.1) is 0 Å². The van der Waals surface area contributed by atoms with E-state index in [2.05, 4.69) is 11.4 Å². The number of ether oxygens (including phenoxy) is 2. The van der Waals surface area contributed by atoms with E-state index in [9.17, 15) is 29.9 Å². The predicted octanol–water partition coefficient (Wildman–Crippen LogP) is 3.21. The second-order valence-electron chi connectivity index (χ2n) is 10.0. The van der Waals surface area contributed by atoms with Gasteiger partial charge in [0.05, 0.1) is 35.7 Å². The Labute approximate surface area is 198 Å². The summed E-state index contributed by atoms with van der Waals surface area (Å²) in [6, 6.07) is 4.55. The van der Waals surface area contributed by atoms with Crippen LogP contribution in [0, 0.1) is 34.5 Å². The summed E-state index contributed by atoms with van der Waals surface area (Å²) in [5.74, 6) is -2.12. The van der Waals surface area contributed by atoms with Crippen molar-refractivity contribution in [2.75, 3.05) is 7.11 Å². The van der Waals surface area contributed by atoms with Crippen LogP contribution in [-0.4, -0.2) is 47.3 Å². The molecule has 1 aromatic rings. The molecule has 0 saturated heterocycles. The first-order chi connectivity index (χ1) is 16.2. The summed E-state index contributed by atoms with van der Waals surface area (Å²) >= 11 is 0. The van der Waals surface area contributed by atoms with Crippen molar-refractivity contribution >= 4 is 17.8 Å². The molecule has 0 spiro atoms. The van der Waals surface area contributed by atoms with Gasteiger partial charge in [-0.1, -0.05) is 0 Å². The molecule has 0 radical (unpaired) electrons. The first kappa shape index (κ1) is 23.9. The number of nitrogens with one attached hydrogen (secondary N) is 1. The lowest BCUT2D eigenvalue weighted by Crippen LogP contribution is -2.46. The lowest BCUT2D eigenvalue weighted by Gasteiger charge is -2.34. The smallest absolute Gasteiger partial charge is 0.309 e. The Morgan fingerprint density at radius 2 is 1.76 bits per heavy atom. The van der Waals surface area contributed by atoms with Gasteiger partial charge in [-0.25, -0.2) is 0 Å². The van der Waals surface area contributed by atoms with E-state index in [1.807, 2.05) is 0 Å². The number of amides is 1. The van der Waals surface area contributed by atoms with E-state index in [0.717, 1.165) is 19.3 Å². The van der Waals surface area contributed by atoms with Gasteiger partial charge in [0, 0.05) is 12.1 Å². The largest absolute Gasteiger partial charge is 0.496 e. The summed E-state index contributed by atoms with van der Waals surface area (Å²) in [7, 11) is 1.40. The molecule has 1 aromatic carbocycles. The number of aliphatic carboxylic acids is 2. The van der Waals surface area contributed by atoms with Crippen LogP contribution in [0.25, 0.3) is 0 Å². The highest BCUT2D eigenvalue weighted by Crippen LogP contribution is 2.49. The van der Waals surface area contributed by atoms with Crippen molar-refractivity contribution in [1.82, 2.24) is 5.32 Å². The van der Waals surface area contributed by atoms with Gasteiger partial charge in [0.2, 0.25) is 0 Å². The number of rotatable bonds is 7. The molecule has 0 heterocycles. The van der Waals surface area contributed by atoms with E-state index in [-0.39, 0.29) is 40.6 Å². The fourth-order valence-electron chi connectivity index (χ4n) is 5.91. The third kappa shape index (κ3) is 4.29. The van der Waals surface area contributed by atoms with E-state index in [1.165, 1.54) is 19.2 Å². The van der Waals surface area contributed by atoms with Crippen molar-refractivity contribution in [2.45, 2.75) is 64.0 Å². The van der Waals surface area contributed by atoms with Gasteiger partial charge >= 0.3 is 11.9 Å². The standard InChI is InChI=1S/C25H30N2O7/c1-25(24(31)32)7-5-16(6-8-25)34-18-11-17(19(33-2)10-15(18)12-26)22(28)27-21-14-4-3-13(9-14)20(21)23(29)30/h10-11,13-14,16,20-21H,3-9H2,1-2H3,(H,27,28)(H,29,30)(H,31,32)/t13-,14?,16?,20?,21-,25?/m1/s1. The molecule has 0 aliphatic heterocycles. The lowest BCUT2D eigenvalue weighted by atomic mass is 9.75. The minimum absolute atomic E-state index is 0.0809. The molecular formula is C25H30N2O7. The van der Waals surface area contributed by atoms with Crippen molar-refractivity contribution < 1.29 is 34.1 Å². The Bertz CT molecular complexity index is 1040. The summed E-state index contributed by atoms with van der Waals surface area (Å²) in [5, 5.41) is 31.7. The molecule has 3 fully saturated rings. The van der Waals surface area contributed by atoms with E-state index in [1.54, 1.807) is 6.92 Å². The third-order valence-electron chi connectivity index (χ3n) is 8.01. The fourth-order valence-corrected chi connectivity index (χ4v) is 5.91. The third-order valence-corrected chi connectivity index (χ3v) is 8.01. The number of carboxylic acids is 2. The van der Waals surface area contributed by atoms with Gasteiger partial charge in [0.25, 0.3) is 5.91 Å². The summed E-state index contributed by atoms with van der Waals surface area (Å²) in [6.07, 6.45) is 4.25. The van der Waals surface area contributed by atoms with Crippen molar-refractivity contribution in [3.05, 3.63) is 23.3 Å². The molecule has 3 saturated carbocycles. The average molecular weight is 471 g/mol. The molecule has 34 heavy (non-hydrogen) atoms. The maximum absolute atomic E-state index is 13.2. The molecule has 9 heteroatoms. The number of benzene rings is 1. The number of carbonyl (C=O) groups is 3. The lowest BCUT2D eigenvalue weighted by molar-refractivity contribution is -0.150. The molecule has 182 valence electrons. The summed E-state index contributed by atoms with van der Waals surface area (Å²) in [4.78, 5) is 36.6. The van der Waals surface area contributed by atoms with Crippen LogP contribution in [0.2, 0.25) is 0 Å². The van der Waals surface area contributed by atoms with Crippen LogP contribution in [0.5, 0.6) is 11.5 Å². The van der Waals surface area contributed by atoms with Crippen molar-refractivity contribution in [2.24, 2.45) is 23.2 Å². The topological polar surface area (TPSA) is 146 Å². The number of nitrogens with zero attached hydrogens (tertiary/aromatic N) is 1. The van der Waals surface area contributed by atoms with Gasteiger partial charge < -0.3 is 25.0 Å². The van der Waals surface area contributed by atoms with Gasteiger partial charge in [0.1, 0.15) is 17.6 Å². The van der Waals surface area contributed by atoms with Crippen molar-refractivity contribution in [3.8, 4) is 17.6 Å². The first-order valence-electron chi connectivity index (χ1n) is 11.7. The number of methoxy groups -OCH3 is 1. The molecule has 2 bridgehead atoms. The monoisotopic (exact) mass is 470 g/mol. The van der Waals surface area contributed by atoms with Crippen LogP contribution in [0.4, 0.5) is 0 Å². The summed E-state index contributed by atoms with van der Waals surface area (Å²) in [6.45, 7) is 1.72. The SMILES string of the molecule is COc1cc(C#N)c(OC2CCC(C)(C(=O)O)CC2)cc1C(=O)N[C@@H]1C2CC[C@H](C2)C1C(=O)O. The second-order valence-corrected chi connectivity index (χ2v) is 10.0. The summed E-state index contributed by atoms with van der Waals surface area (Å²) in [5.41, 5.74) is -0.401. The zero-order chi connectivity index (χ0) is 24.6. The zero-order valence-corrected chi connectivity index (χ0v) is 19.4. The van der Waals surface area contributed by atoms with Crippen LogP contribution < -0.4 is 14.8 Å². The Morgan fingerprint density at radius 1 is 1.09 bits per heavy atom. The molecular weight excluding hydrogens is 440 g/mol. The first-order valence-corrected chi connectivity index (χ1v) is 11.7. The maximum atomic E-state index is 13.2. The highest BCUT2D eigenvalue weighted by Gasteiger charge is 2.51. The number of carboxylic acid groups (broad SMARTS) is 2. The molecule has 0 aromatic heterocycles. The minimum Gasteiger partial charge on any atom is -0.496 e. The number of hydrogen-bond acceptors (Lipinski definition) is 6. The number of nitriles is 1. The predicted molar refractivity (Wildman–Crippen MR) is 120 cm³/mol. The Balaban J connectivity index is 1.54. The van der Waals surface area contributed by atoms with Gasteiger partial charge in [-0.05, 0) is 69.8 Å². The van der Waals surface area contributed by atoms with Gasteiger partial charge in [0.15, 0.2) is 0 Å². The van der Waals surface area contributed by atoms with Crippen molar-refractivity contribution in [3.63, 3.8) is 0 Å². The van der Waals surface area contributed by atoms with Crippen LogP contribution in [-0.2, 0) is 9.59 Å². The molecule has 3 N–H and O–H groups in total. The molecule has 2 unspecified atom stereocenters. The zero-order valence-electron chi connectivity index (χ0n) is 19.4. The van der Waals surface area contributed by atoms with E-state index in [0.29, 0.717) is 25.7 Å². The molecule has 4 atom stereocenters. The Morgan fingerprint density at radius 3 is 2.35 bits per heavy atom. The Hall–Kier alpha value is -3.28. The highest BCUT2D eigenvalue weighted by molar-refractivity contribution is 5.98. The molecule has 9 nitrogen and oxygen atoms in total. The average Bonchev–Trinajstić information content (AvgIpc) is 3.42. The normalized spacial score (nSPS) is 32.0. The van der Waals surface area contributed by atoms with E-state index >= 15 is 0 Å². The van der Waals surface area contributed by atoms with Gasteiger partial charge in [-0.3, -0.25) is 14.4 Å². The molecule has 3 aliphatic rings. The second kappa shape index (κ2) is 9.16. The number of fused-ring (bicyclic) bond motifs is 2. The Kier molecular flexibility index (Phi) is 6.43. The molecule has 1 amide bonds. The number of carbonyl (C=O) groups excluding carboxylic acids is 1. The van der Waals surface area contributed by atoms with E-state index in [4.69, 9.17) is 9.47 Å². The van der Waals surface area contributed by atoms with Gasteiger partial charge in [-0.2, -0.15) is 5.26 Å². The molecule has 3 aliphatic carbocycles. The van der Waals surface area contributed by atoms with Crippen LogP contribution in [0.1, 0.15) is 67.8 Å². The summed E-state index contributed by atoms with van der Waals surface area (Å²) < 4.78 is 11.4. The maximum Gasteiger partial charge on any atom is 0.309 e. The van der Waals surface area contributed by atoms with Crippen LogP contribution >= 0.6 is 0 Å². The highest BCUT2D eigenvalue weighted by atomic mass is 16.5. The molecule has 4 rings (SSSR count). The van der Waals surface area contributed by atoms with Crippen LogP contribution in [0.3, 0.4) is 0 Å². The van der Waals surface area contributed by atoms with E-state index < -0.39 is 35.2 Å². The fraction of sp³-hybridized carbons (Fsp3) is 0.600.